The first-order chi connectivity index (χ1) is 13.1. The summed E-state index contributed by atoms with van der Waals surface area (Å²) in [6.45, 7) is 2.01. The van der Waals surface area contributed by atoms with Crippen LogP contribution in [-0.4, -0.2) is 34.1 Å². The second-order valence-electron chi connectivity index (χ2n) is 6.15. The minimum absolute atomic E-state index is 0.191. The quantitative estimate of drug-likeness (QED) is 0.543. The van der Waals surface area contributed by atoms with Crippen molar-refractivity contribution >= 4 is 49.6 Å². The van der Waals surface area contributed by atoms with Gasteiger partial charge in [-0.1, -0.05) is 48.9 Å². The highest BCUT2D eigenvalue weighted by atomic mass is 32.2. The first-order valence-corrected chi connectivity index (χ1v) is 12.9. The maximum atomic E-state index is 13.1. The summed E-state index contributed by atoms with van der Waals surface area (Å²) in [4.78, 5) is 1.03. The Labute approximate surface area is 170 Å². The first kappa shape index (κ1) is 18.9. The van der Waals surface area contributed by atoms with E-state index in [0.29, 0.717) is 5.69 Å². The van der Waals surface area contributed by atoms with Crippen LogP contribution >= 0.6 is 34.4 Å². The van der Waals surface area contributed by atoms with E-state index >= 15 is 0 Å². The monoisotopic (exact) mass is 441 g/mol. The second kappa shape index (κ2) is 7.90. The Hall–Kier alpha value is -1.43. The van der Waals surface area contributed by atoms with Crippen molar-refractivity contribution in [2.75, 3.05) is 10.5 Å². The summed E-state index contributed by atoms with van der Waals surface area (Å²) in [7, 11) is -3.81. The van der Waals surface area contributed by atoms with E-state index in [1.165, 1.54) is 34.4 Å². The van der Waals surface area contributed by atoms with Crippen molar-refractivity contribution in [1.82, 2.24) is 20.0 Å². The molecule has 1 N–H and O–H groups in total. The van der Waals surface area contributed by atoms with E-state index in [1.54, 1.807) is 6.20 Å². The van der Waals surface area contributed by atoms with Gasteiger partial charge in [0.05, 0.1) is 10.9 Å². The molecule has 1 aliphatic rings. The zero-order valence-corrected chi connectivity index (χ0v) is 17.9. The van der Waals surface area contributed by atoms with Gasteiger partial charge < -0.3 is 0 Å². The molecule has 0 radical (unpaired) electrons. The van der Waals surface area contributed by atoms with Gasteiger partial charge in [-0.3, -0.25) is 9.40 Å². The lowest BCUT2D eigenvalue weighted by Gasteiger charge is -2.08. The largest absolute Gasteiger partial charge is 0.268 e. The number of anilines is 1. The van der Waals surface area contributed by atoms with Gasteiger partial charge in [-0.05, 0) is 30.0 Å². The zero-order valence-electron chi connectivity index (χ0n) is 14.7. The summed E-state index contributed by atoms with van der Waals surface area (Å²) in [5, 5.41) is 14.8. The van der Waals surface area contributed by atoms with E-state index in [0.717, 1.165) is 40.7 Å². The van der Waals surface area contributed by atoms with Crippen LogP contribution < -0.4 is 4.72 Å². The molecule has 3 aromatic rings. The Balaban J connectivity index is 1.69. The lowest BCUT2D eigenvalue weighted by molar-refractivity contribution is 0.467. The van der Waals surface area contributed by atoms with E-state index in [2.05, 4.69) is 20.0 Å². The van der Waals surface area contributed by atoms with Crippen LogP contribution in [0.1, 0.15) is 38.6 Å². The van der Waals surface area contributed by atoms with Crippen molar-refractivity contribution in [3.05, 3.63) is 23.7 Å². The molecule has 144 valence electrons. The number of thioether (sulfide) groups is 1. The summed E-state index contributed by atoms with van der Waals surface area (Å²) in [6.07, 6.45) is 6.04. The standard InChI is InChI=1S/C16H19N5O2S4/c1-2-24-16-18-17-15(26-16)20-27(22,23)13-10-21(11-6-3-4-7-11)19-14(13)12-8-5-9-25-12/h5,8-11H,2-4,6-7H2,1H3,(H,17,20). The number of rotatable bonds is 7. The van der Waals surface area contributed by atoms with Gasteiger partial charge in [0.2, 0.25) is 5.13 Å². The highest BCUT2D eigenvalue weighted by Gasteiger charge is 2.28. The number of aromatic nitrogens is 4. The van der Waals surface area contributed by atoms with Crippen LogP contribution in [0.15, 0.2) is 32.9 Å². The molecular weight excluding hydrogens is 422 g/mol. The lowest BCUT2D eigenvalue weighted by Crippen LogP contribution is -2.13. The second-order valence-corrected chi connectivity index (χ2v) is 11.2. The molecule has 1 fully saturated rings. The Morgan fingerprint density at radius 1 is 1.33 bits per heavy atom. The molecule has 27 heavy (non-hydrogen) atoms. The van der Waals surface area contributed by atoms with Crippen LogP contribution in [0.2, 0.25) is 0 Å². The van der Waals surface area contributed by atoms with Crippen LogP contribution in [0.5, 0.6) is 0 Å². The van der Waals surface area contributed by atoms with Crippen LogP contribution in [0.25, 0.3) is 10.6 Å². The maximum Gasteiger partial charge on any atom is 0.267 e. The van der Waals surface area contributed by atoms with Crippen LogP contribution in [-0.2, 0) is 10.0 Å². The van der Waals surface area contributed by atoms with E-state index in [4.69, 9.17) is 0 Å². The van der Waals surface area contributed by atoms with Gasteiger partial charge >= 0.3 is 0 Å². The summed E-state index contributed by atoms with van der Waals surface area (Å²) in [6, 6.07) is 4.06. The number of thiophene rings is 1. The van der Waals surface area contributed by atoms with Gasteiger partial charge in [-0.25, -0.2) is 8.42 Å². The number of hydrogen-bond donors (Lipinski definition) is 1. The smallest absolute Gasteiger partial charge is 0.267 e. The predicted octanol–water partition coefficient (Wildman–Crippen LogP) is 4.49. The highest BCUT2D eigenvalue weighted by molar-refractivity contribution is 8.01. The number of nitrogens with one attached hydrogen (secondary N) is 1. The fraction of sp³-hybridized carbons (Fsp3) is 0.438. The van der Waals surface area contributed by atoms with Crippen LogP contribution in [0.3, 0.4) is 0 Å². The SMILES string of the molecule is CCSc1nnc(NS(=O)(=O)c2cn(C3CCCC3)nc2-c2cccs2)s1. The van der Waals surface area contributed by atoms with Crippen molar-refractivity contribution in [1.29, 1.82) is 0 Å². The van der Waals surface area contributed by atoms with Crippen molar-refractivity contribution < 1.29 is 8.42 Å². The van der Waals surface area contributed by atoms with Crippen molar-refractivity contribution in [2.45, 2.75) is 47.9 Å². The van der Waals surface area contributed by atoms with E-state index < -0.39 is 10.0 Å². The normalized spacial score (nSPS) is 15.4. The Kier molecular flexibility index (Phi) is 5.53. The fourth-order valence-corrected chi connectivity index (χ4v) is 6.93. The molecule has 3 aromatic heterocycles. The summed E-state index contributed by atoms with van der Waals surface area (Å²) >= 11 is 4.26. The Morgan fingerprint density at radius 2 is 2.15 bits per heavy atom. The fourth-order valence-electron chi connectivity index (χ4n) is 3.11. The summed E-state index contributed by atoms with van der Waals surface area (Å²) < 4.78 is 31.3. The molecular formula is C16H19N5O2S4. The topological polar surface area (TPSA) is 89.8 Å². The Morgan fingerprint density at radius 3 is 2.85 bits per heavy atom. The van der Waals surface area contributed by atoms with Crippen molar-refractivity contribution in [3.63, 3.8) is 0 Å². The van der Waals surface area contributed by atoms with E-state index in [1.807, 2.05) is 29.1 Å². The molecule has 0 atom stereocenters. The van der Waals surface area contributed by atoms with Crippen molar-refractivity contribution in [2.24, 2.45) is 0 Å². The Bertz CT molecular complexity index is 1000. The van der Waals surface area contributed by atoms with E-state index in [9.17, 15) is 8.42 Å². The summed E-state index contributed by atoms with van der Waals surface area (Å²) in [5.74, 6) is 0.859. The van der Waals surface area contributed by atoms with Gasteiger partial charge in [0.15, 0.2) is 4.34 Å². The zero-order chi connectivity index (χ0) is 18.9. The number of nitrogens with zero attached hydrogens (tertiary/aromatic N) is 4. The molecule has 4 rings (SSSR count). The minimum atomic E-state index is -3.81. The molecule has 0 saturated heterocycles. The van der Waals surface area contributed by atoms with Gasteiger partial charge in [-0.15, -0.1) is 21.5 Å². The molecule has 0 amide bonds. The van der Waals surface area contributed by atoms with Gasteiger partial charge in [0.25, 0.3) is 10.0 Å². The summed E-state index contributed by atoms with van der Waals surface area (Å²) in [5.41, 5.74) is 0.497. The van der Waals surface area contributed by atoms with Gasteiger partial charge in [0.1, 0.15) is 10.6 Å². The molecule has 0 unspecified atom stereocenters. The molecule has 0 bridgehead atoms. The van der Waals surface area contributed by atoms with E-state index in [-0.39, 0.29) is 16.1 Å². The predicted molar refractivity (Wildman–Crippen MR) is 110 cm³/mol. The van der Waals surface area contributed by atoms with Gasteiger partial charge in [0, 0.05) is 6.20 Å². The van der Waals surface area contributed by atoms with Crippen LogP contribution in [0.4, 0.5) is 5.13 Å². The molecule has 3 heterocycles. The van der Waals surface area contributed by atoms with Crippen molar-refractivity contribution in [3.8, 4) is 10.6 Å². The molecule has 0 spiro atoms. The molecule has 0 aliphatic heterocycles. The first-order valence-electron chi connectivity index (χ1n) is 8.69. The minimum Gasteiger partial charge on any atom is -0.268 e. The number of sulfonamides is 1. The van der Waals surface area contributed by atoms with Gasteiger partial charge in [-0.2, -0.15) is 5.10 Å². The molecule has 7 nitrogen and oxygen atoms in total. The average molecular weight is 442 g/mol. The molecule has 1 aliphatic carbocycles. The third-order valence-corrected chi connectivity index (χ3v) is 8.54. The molecule has 0 aromatic carbocycles. The third kappa shape index (κ3) is 4.05. The molecule has 11 heteroatoms. The van der Waals surface area contributed by atoms with Crippen LogP contribution in [0, 0.1) is 0 Å². The lowest BCUT2D eigenvalue weighted by atomic mass is 10.3. The maximum absolute atomic E-state index is 13.1. The average Bonchev–Trinajstić information content (AvgIpc) is 3.41. The molecule has 1 saturated carbocycles. The third-order valence-electron chi connectivity index (χ3n) is 4.34. The number of hydrogen-bond acceptors (Lipinski definition) is 8. The highest BCUT2D eigenvalue weighted by Crippen LogP contribution is 2.36.